The Morgan fingerprint density at radius 1 is 1.26 bits per heavy atom. The maximum atomic E-state index is 12.0. The van der Waals surface area contributed by atoms with E-state index < -0.39 is 5.91 Å². The third-order valence-electron chi connectivity index (χ3n) is 2.45. The molecule has 0 aliphatic heterocycles. The fraction of sp³-hybridized carbons (Fsp3) is 0. The number of nitrogens with zero attached hydrogens (tertiary/aromatic N) is 4. The Hall–Kier alpha value is -2.96. The molecule has 94 valence electrons. The molecule has 0 unspecified atom stereocenters. The van der Waals surface area contributed by atoms with Gasteiger partial charge in [0.05, 0.1) is 6.26 Å². The number of hydrogen-bond acceptors (Lipinski definition) is 6. The monoisotopic (exact) mass is 255 g/mol. The zero-order valence-electron chi connectivity index (χ0n) is 9.72. The highest BCUT2D eigenvalue weighted by molar-refractivity contribution is 5.94. The van der Waals surface area contributed by atoms with Crippen molar-refractivity contribution in [2.45, 2.75) is 0 Å². The quantitative estimate of drug-likeness (QED) is 0.738. The third kappa shape index (κ3) is 1.97. The number of pyridine rings is 1. The largest absolute Gasteiger partial charge is 0.459 e. The van der Waals surface area contributed by atoms with Gasteiger partial charge in [-0.3, -0.25) is 9.78 Å². The lowest BCUT2D eigenvalue weighted by atomic mass is 10.3. The molecule has 0 fully saturated rings. The molecule has 3 aromatic rings. The Morgan fingerprint density at radius 3 is 2.84 bits per heavy atom. The summed E-state index contributed by atoms with van der Waals surface area (Å²) in [5.41, 5.74) is 6.23. The number of hydrogen-bond donors (Lipinski definition) is 1. The van der Waals surface area contributed by atoms with Crippen LogP contribution in [0.4, 0.5) is 5.95 Å². The Labute approximate surface area is 107 Å². The number of rotatable bonds is 2. The summed E-state index contributed by atoms with van der Waals surface area (Å²) in [6.07, 6.45) is 3.01. The van der Waals surface area contributed by atoms with Crippen LogP contribution >= 0.6 is 0 Å². The van der Waals surface area contributed by atoms with Crippen molar-refractivity contribution < 1.29 is 9.21 Å². The van der Waals surface area contributed by atoms with Gasteiger partial charge < -0.3 is 10.2 Å². The highest BCUT2D eigenvalue weighted by Gasteiger charge is 2.18. The van der Waals surface area contributed by atoms with Crippen molar-refractivity contribution in [2.75, 3.05) is 5.73 Å². The van der Waals surface area contributed by atoms with Gasteiger partial charge in [0.2, 0.25) is 11.8 Å². The van der Waals surface area contributed by atoms with Crippen LogP contribution in [0.1, 0.15) is 10.6 Å². The van der Waals surface area contributed by atoms with E-state index >= 15 is 0 Å². The first kappa shape index (κ1) is 11.1. The van der Waals surface area contributed by atoms with Gasteiger partial charge in [-0.15, -0.1) is 5.10 Å². The summed E-state index contributed by atoms with van der Waals surface area (Å²) in [4.78, 5) is 20.2. The Morgan fingerprint density at radius 2 is 2.16 bits per heavy atom. The molecule has 0 aliphatic rings. The molecule has 3 heterocycles. The molecule has 0 saturated heterocycles. The van der Waals surface area contributed by atoms with Crippen LogP contribution in [0, 0.1) is 0 Å². The van der Waals surface area contributed by atoms with Crippen molar-refractivity contribution in [1.82, 2.24) is 19.7 Å². The van der Waals surface area contributed by atoms with Crippen LogP contribution in [0.25, 0.3) is 11.5 Å². The molecular formula is C12H9N5O2. The van der Waals surface area contributed by atoms with E-state index in [4.69, 9.17) is 10.2 Å². The second-order valence-corrected chi connectivity index (χ2v) is 3.70. The maximum Gasteiger partial charge on any atom is 0.317 e. The molecule has 0 amide bonds. The first-order chi connectivity index (χ1) is 9.25. The molecule has 2 N–H and O–H groups in total. The number of nitrogens with two attached hydrogens (primary N) is 1. The van der Waals surface area contributed by atoms with E-state index in [0.717, 1.165) is 4.68 Å². The van der Waals surface area contributed by atoms with E-state index in [1.165, 1.54) is 12.3 Å². The summed E-state index contributed by atoms with van der Waals surface area (Å²) >= 11 is 0. The summed E-state index contributed by atoms with van der Waals surface area (Å²) < 4.78 is 6.00. The summed E-state index contributed by atoms with van der Waals surface area (Å²) in [5, 5.41) is 4.04. The first-order valence-corrected chi connectivity index (χ1v) is 5.48. The van der Waals surface area contributed by atoms with Crippen LogP contribution in [-0.2, 0) is 0 Å². The molecule has 0 radical (unpaired) electrons. The molecule has 7 nitrogen and oxygen atoms in total. The normalized spacial score (nSPS) is 10.5. The van der Waals surface area contributed by atoms with E-state index in [9.17, 15) is 4.79 Å². The standard InChI is InChI=1S/C12H9N5O2/c13-12-15-10(8-4-1-2-6-14-8)16-17(12)11(18)9-5-3-7-19-9/h1-7H,(H2,13,15,16). The molecule has 19 heavy (non-hydrogen) atoms. The van der Waals surface area contributed by atoms with Gasteiger partial charge in [-0.1, -0.05) is 6.07 Å². The molecule has 0 bridgehead atoms. The molecule has 0 saturated carbocycles. The fourth-order valence-electron chi connectivity index (χ4n) is 1.58. The number of anilines is 1. The van der Waals surface area contributed by atoms with Gasteiger partial charge >= 0.3 is 5.91 Å². The predicted octanol–water partition coefficient (Wildman–Crippen LogP) is 1.20. The van der Waals surface area contributed by atoms with Crippen LogP contribution in [0.3, 0.4) is 0 Å². The van der Waals surface area contributed by atoms with Gasteiger partial charge in [0, 0.05) is 6.20 Å². The summed E-state index contributed by atoms with van der Waals surface area (Å²) in [5.74, 6) is -0.0542. The van der Waals surface area contributed by atoms with Crippen molar-refractivity contribution in [3.63, 3.8) is 0 Å². The van der Waals surface area contributed by atoms with Crippen molar-refractivity contribution >= 4 is 11.9 Å². The molecular weight excluding hydrogens is 246 g/mol. The fourth-order valence-corrected chi connectivity index (χ4v) is 1.58. The highest BCUT2D eigenvalue weighted by Crippen LogP contribution is 2.14. The number of carbonyl (C=O) groups is 1. The zero-order chi connectivity index (χ0) is 13.2. The molecule has 0 atom stereocenters. The molecule has 7 heteroatoms. The van der Waals surface area contributed by atoms with Crippen LogP contribution < -0.4 is 5.73 Å². The molecule has 0 aromatic carbocycles. The highest BCUT2D eigenvalue weighted by atomic mass is 16.3. The molecule has 3 rings (SSSR count). The van der Waals surface area contributed by atoms with E-state index in [1.807, 2.05) is 0 Å². The predicted molar refractivity (Wildman–Crippen MR) is 66.1 cm³/mol. The first-order valence-electron chi connectivity index (χ1n) is 5.48. The van der Waals surface area contributed by atoms with Gasteiger partial charge in [-0.05, 0) is 24.3 Å². The Balaban J connectivity index is 2.01. The second kappa shape index (κ2) is 4.37. The van der Waals surface area contributed by atoms with E-state index in [0.29, 0.717) is 5.69 Å². The van der Waals surface area contributed by atoms with Gasteiger partial charge in [-0.25, -0.2) is 0 Å². The summed E-state index contributed by atoms with van der Waals surface area (Å²) in [7, 11) is 0. The average molecular weight is 255 g/mol. The topological polar surface area (TPSA) is 99.8 Å². The average Bonchev–Trinajstić information content (AvgIpc) is 3.08. The minimum Gasteiger partial charge on any atom is -0.459 e. The van der Waals surface area contributed by atoms with Crippen LogP contribution in [0.2, 0.25) is 0 Å². The van der Waals surface area contributed by atoms with Crippen molar-refractivity contribution in [1.29, 1.82) is 0 Å². The number of carbonyl (C=O) groups excluding carboxylic acids is 1. The second-order valence-electron chi connectivity index (χ2n) is 3.70. The van der Waals surface area contributed by atoms with Crippen molar-refractivity contribution in [3.05, 3.63) is 48.6 Å². The third-order valence-corrected chi connectivity index (χ3v) is 2.45. The van der Waals surface area contributed by atoms with Crippen molar-refractivity contribution in [3.8, 4) is 11.5 Å². The zero-order valence-corrected chi connectivity index (χ0v) is 9.72. The van der Waals surface area contributed by atoms with Gasteiger partial charge in [0.15, 0.2) is 5.76 Å². The van der Waals surface area contributed by atoms with Crippen LogP contribution in [0.15, 0.2) is 47.2 Å². The SMILES string of the molecule is Nc1nc(-c2ccccn2)nn1C(=O)c1ccco1. The number of nitrogen functional groups attached to an aromatic ring is 1. The van der Waals surface area contributed by atoms with Crippen molar-refractivity contribution in [2.24, 2.45) is 0 Å². The van der Waals surface area contributed by atoms with E-state index in [1.54, 1.807) is 30.5 Å². The number of aromatic nitrogens is 4. The van der Waals surface area contributed by atoms with Gasteiger partial charge in [-0.2, -0.15) is 9.67 Å². The van der Waals surface area contributed by atoms with Crippen LogP contribution in [-0.4, -0.2) is 25.7 Å². The lowest BCUT2D eigenvalue weighted by Gasteiger charge is -1.96. The summed E-state index contributed by atoms with van der Waals surface area (Å²) in [6, 6.07) is 8.45. The summed E-state index contributed by atoms with van der Waals surface area (Å²) in [6.45, 7) is 0. The molecule has 3 aromatic heterocycles. The van der Waals surface area contributed by atoms with Crippen LogP contribution in [0.5, 0.6) is 0 Å². The maximum absolute atomic E-state index is 12.0. The van der Waals surface area contributed by atoms with Gasteiger partial charge in [0.25, 0.3) is 0 Å². The Bertz CT molecular complexity index is 703. The molecule has 0 spiro atoms. The number of furan rings is 1. The van der Waals surface area contributed by atoms with E-state index in [2.05, 4.69) is 15.1 Å². The minimum atomic E-state index is -0.475. The minimum absolute atomic E-state index is 0.0120. The lowest BCUT2D eigenvalue weighted by molar-refractivity contribution is 0.0920. The van der Waals surface area contributed by atoms with Gasteiger partial charge in [0.1, 0.15) is 5.69 Å². The Kier molecular flexibility index (Phi) is 2.57. The smallest absolute Gasteiger partial charge is 0.317 e. The van der Waals surface area contributed by atoms with E-state index in [-0.39, 0.29) is 17.5 Å². The lowest BCUT2D eigenvalue weighted by Crippen LogP contribution is -2.15. The molecule has 0 aliphatic carbocycles.